The fourth-order valence-corrected chi connectivity index (χ4v) is 2.40. The summed E-state index contributed by atoms with van der Waals surface area (Å²) in [6.07, 6.45) is 5.04. The average molecular weight is 338 g/mol. The summed E-state index contributed by atoms with van der Waals surface area (Å²) in [4.78, 5) is 24.0. The Hall–Kier alpha value is -1.69. The number of thioether (sulfide) groups is 1. The van der Waals surface area contributed by atoms with E-state index < -0.39 is 0 Å². The molecule has 1 aromatic rings. The van der Waals surface area contributed by atoms with Crippen molar-refractivity contribution in [3.63, 3.8) is 0 Å². The number of ether oxygens (including phenoxy) is 1. The lowest BCUT2D eigenvalue weighted by atomic mass is 10.2. The lowest BCUT2D eigenvalue weighted by Gasteiger charge is -2.08. The second-order valence-corrected chi connectivity index (χ2v) is 5.95. The van der Waals surface area contributed by atoms with Crippen molar-refractivity contribution in [1.29, 1.82) is 0 Å². The van der Waals surface area contributed by atoms with E-state index in [4.69, 9.17) is 4.74 Å². The first-order valence-electron chi connectivity index (χ1n) is 7.96. The van der Waals surface area contributed by atoms with Gasteiger partial charge in [0, 0.05) is 24.4 Å². The van der Waals surface area contributed by atoms with Gasteiger partial charge in [0.15, 0.2) is 0 Å². The normalized spacial score (nSPS) is 10.2. The summed E-state index contributed by atoms with van der Waals surface area (Å²) < 4.78 is 4.86. The standard InChI is InChI=1S/C17H26N2O3S/c1-3-22-16(20)7-5-4-6-12-18-17(21)19-13-14-8-10-15(23-2)11-9-14/h8-11H,3-7,12-13H2,1-2H3,(H2,18,19,21). The number of carbonyl (C=O) groups excluding carboxylic acids is 2. The average Bonchev–Trinajstić information content (AvgIpc) is 2.56. The molecule has 5 nitrogen and oxygen atoms in total. The molecule has 2 N–H and O–H groups in total. The van der Waals surface area contributed by atoms with Gasteiger partial charge in [-0.3, -0.25) is 4.79 Å². The highest BCUT2D eigenvalue weighted by Gasteiger charge is 2.02. The number of urea groups is 1. The molecule has 0 radical (unpaired) electrons. The van der Waals surface area contributed by atoms with Gasteiger partial charge in [-0.25, -0.2) is 4.79 Å². The molecule has 0 saturated heterocycles. The quantitative estimate of drug-likeness (QED) is 0.390. The van der Waals surface area contributed by atoms with Gasteiger partial charge in [0.05, 0.1) is 6.61 Å². The number of esters is 1. The van der Waals surface area contributed by atoms with Crippen molar-refractivity contribution in [3.8, 4) is 0 Å². The highest BCUT2D eigenvalue weighted by molar-refractivity contribution is 7.98. The van der Waals surface area contributed by atoms with Gasteiger partial charge >= 0.3 is 12.0 Å². The Kier molecular flexibility index (Phi) is 9.95. The highest BCUT2D eigenvalue weighted by atomic mass is 32.2. The number of hydrogen-bond donors (Lipinski definition) is 2. The van der Waals surface area contributed by atoms with Crippen LogP contribution in [0.5, 0.6) is 0 Å². The first kappa shape index (κ1) is 19.4. The van der Waals surface area contributed by atoms with E-state index in [0.717, 1.165) is 24.8 Å². The minimum atomic E-state index is -0.163. The molecule has 1 aromatic carbocycles. The number of benzene rings is 1. The minimum absolute atomic E-state index is 0.148. The van der Waals surface area contributed by atoms with E-state index >= 15 is 0 Å². The third-order valence-electron chi connectivity index (χ3n) is 3.26. The molecule has 0 aliphatic rings. The van der Waals surface area contributed by atoms with Crippen LogP contribution in [-0.2, 0) is 16.1 Å². The van der Waals surface area contributed by atoms with Crippen LogP contribution in [0.1, 0.15) is 38.2 Å². The van der Waals surface area contributed by atoms with Crippen molar-refractivity contribution in [2.45, 2.75) is 44.0 Å². The van der Waals surface area contributed by atoms with Crippen LogP contribution in [0.2, 0.25) is 0 Å². The molecular weight excluding hydrogens is 312 g/mol. The van der Waals surface area contributed by atoms with Crippen molar-refractivity contribution < 1.29 is 14.3 Å². The van der Waals surface area contributed by atoms with Crippen LogP contribution >= 0.6 is 11.8 Å². The van der Waals surface area contributed by atoms with Crippen LogP contribution in [0.3, 0.4) is 0 Å². The summed E-state index contributed by atoms with van der Waals surface area (Å²) in [6, 6.07) is 7.96. The molecule has 0 saturated carbocycles. The molecule has 0 unspecified atom stereocenters. The van der Waals surface area contributed by atoms with Crippen LogP contribution in [0.25, 0.3) is 0 Å². The van der Waals surface area contributed by atoms with E-state index in [0.29, 0.717) is 26.1 Å². The second kappa shape index (κ2) is 11.8. The van der Waals surface area contributed by atoms with Crippen LogP contribution in [0, 0.1) is 0 Å². The molecule has 1 rings (SSSR count). The Balaban J connectivity index is 2.04. The lowest BCUT2D eigenvalue weighted by Crippen LogP contribution is -2.35. The summed E-state index contributed by atoms with van der Waals surface area (Å²) >= 11 is 1.70. The van der Waals surface area contributed by atoms with Crippen molar-refractivity contribution >= 4 is 23.8 Å². The summed E-state index contributed by atoms with van der Waals surface area (Å²) in [5.41, 5.74) is 1.08. The van der Waals surface area contributed by atoms with E-state index in [1.165, 1.54) is 4.90 Å². The van der Waals surface area contributed by atoms with E-state index in [9.17, 15) is 9.59 Å². The maximum Gasteiger partial charge on any atom is 0.315 e. The Morgan fingerprint density at radius 2 is 1.83 bits per heavy atom. The van der Waals surface area contributed by atoms with Crippen LogP contribution in [0.15, 0.2) is 29.2 Å². The van der Waals surface area contributed by atoms with Crippen molar-refractivity contribution in [1.82, 2.24) is 10.6 Å². The topological polar surface area (TPSA) is 67.4 Å². The number of hydrogen-bond acceptors (Lipinski definition) is 4. The number of amides is 2. The summed E-state index contributed by atoms with van der Waals surface area (Å²) in [6.45, 7) is 3.36. The zero-order valence-electron chi connectivity index (χ0n) is 13.9. The minimum Gasteiger partial charge on any atom is -0.466 e. The largest absolute Gasteiger partial charge is 0.466 e. The molecule has 0 aromatic heterocycles. The van der Waals surface area contributed by atoms with Gasteiger partial charge in [0.2, 0.25) is 0 Å². The van der Waals surface area contributed by atoms with Gasteiger partial charge in [0.25, 0.3) is 0 Å². The van der Waals surface area contributed by atoms with Crippen LogP contribution < -0.4 is 10.6 Å². The molecule has 0 atom stereocenters. The maximum absolute atomic E-state index is 11.7. The number of nitrogens with one attached hydrogen (secondary N) is 2. The van der Waals surface area contributed by atoms with E-state index in [-0.39, 0.29) is 12.0 Å². The zero-order chi connectivity index (χ0) is 16.9. The van der Waals surface area contributed by atoms with Gasteiger partial charge in [0.1, 0.15) is 0 Å². The van der Waals surface area contributed by atoms with Gasteiger partial charge in [-0.05, 0) is 43.7 Å². The molecule has 0 heterocycles. The Morgan fingerprint density at radius 1 is 1.09 bits per heavy atom. The number of rotatable bonds is 10. The van der Waals surface area contributed by atoms with Gasteiger partial charge in [-0.15, -0.1) is 11.8 Å². The summed E-state index contributed by atoms with van der Waals surface area (Å²) in [5.74, 6) is -0.148. The maximum atomic E-state index is 11.7. The van der Waals surface area contributed by atoms with E-state index in [2.05, 4.69) is 10.6 Å². The molecule has 2 amide bonds. The molecule has 0 spiro atoms. The van der Waals surface area contributed by atoms with E-state index in [1.807, 2.05) is 30.5 Å². The molecule has 0 aliphatic heterocycles. The molecule has 0 aliphatic carbocycles. The third kappa shape index (κ3) is 9.13. The first-order valence-corrected chi connectivity index (χ1v) is 9.18. The third-order valence-corrected chi connectivity index (χ3v) is 4.00. The predicted molar refractivity (Wildman–Crippen MR) is 93.6 cm³/mol. The van der Waals surface area contributed by atoms with Crippen molar-refractivity contribution in [2.75, 3.05) is 19.4 Å². The lowest BCUT2D eigenvalue weighted by molar-refractivity contribution is -0.143. The van der Waals surface area contributed by atoms with Crippen LogP contribution in [-0.4, -0.2) is 31.4 Å². The fourth-order valence-electron chi connectivity index (χ4n) is 1.99. The molecule has 0 fully saturated rings. The SMILES string of the molecule is CCOC(=O)CCCCCNC(=O)NCc1ccc(SC)cc1. The molecule has 128 valence electrons. The van der Waals surface area contributed by atoms with E-state index in [1.54, 1.807) is 18.7 Å². The van der Waals surface area contributed by atoms with Crippen molar-refractivity contribution in [2.24, 2.45) is 0 Å². The highest BCUT2D eigenvalue weighted by Crippen LogP contribution is 2.14. The summed E-state index contributed by atoms with van der Waals surface area (Å²) in [7, 11) is 0. The number of unbranched alkanes of at least 4 members (excludes halogenated alkanes) is 2. The van der Waals surface area contributed by atoms with Crippen molar-refractivity contribution in [3.05, 3.63) is 29.8 Å². The van der Waals surface area contributed by atoms with Gasteiger partial charge in [-0.2, -0.15) is 0 Å². The Labute approximate surface area is 142 Å². The van der Waals surface area contributed by atoms with Gasteiger partial charge < -0.3 is 15.4 Å². The molecule has 0 bridgehead atoms. The molecular formula is C17H26N2O3S. The monoisotopic (exact) mass is 338 g/mol. The predicted octanol–water partition coefficient (Wildman–Crippen LogP) is 3.33. The zero-order valence-corrected chi connectivity index (χ0v) is 14.7. The summed E-state index contributed by atoms with van der Waals surface area (Å²) in [5, 5.41) is 5.65. The fraction of sp³-hybridized carbons (Fsp3) is 0.529. The van der Waals surface area contributed by atoms with Crippen LogP contribution in [0.4, 0.5) is 4.79 Å². The first-order chi connectivity index (χ1) is 11.2. The second-order valence-electron chi connectivity index (χ2n) is 5.07. The smallest absolute Gasteiger partial charge is 0.315 e. The molecule has 6 heteroatoms. The Morgan fingerprint density at radius 3 is 2.48 bits per heavy atom. The van der Waals surface area contributed by atoms with Gasteiger partial charge in [-0.1, -0.05) is 18.6 Å². The molecule has 23 heavy (non-hydrogen) atoms. The Bertz CT molecular complexity index is 477. The number of carbonyl (C=O) groups is 2.